The zero-order valence-electron chi connectivity index (χ0n) is 18.8. The molecule has 0 bridgehead atoms. The van der Waals surface area contributed by atoms with Crippen LogP contribution in [-0.2, 0) is 21.2 Å². The second-order valence-corrected chi connectivity index (χ2v) is 11.5. The van der Waals surface area contributed by atoms with Gasteiger partial charge < -0.3 is 9.80 Å². The number of carbonyl (C=O) groups excluding carboxylic acids is 2. The Kier molecular flexibility index (Phi) is 7.82. The molecule has 4 rings (SSSR count). The summed E-state index contributed by atoms with van der Waals surface area (Å²) in [4.78, 5) is 29.8. The summed E-state index contributed by atoms with van der Waals surface area (Å²) in [6, 6.07) is 10.7. The summed E-state index contributed by atoms with van der Waals surface area (Å²) in [5.74, 6) is 0.104. The highest BCUT2D eigenvalue weighted by molar-refractivity contribution is 7.89. The lowest BCUT2D eigenvalue weighted by molar-refractivity contribution is -0.132. The molecule has 2 amide bonds. The van der Waals surface area contributed by atoms with E-state index >= 15 is 0 Å². The summed E-state index contributed by atoms with van der Waals surface area (Å²) in [5, 5.41) is 1.89. The van der Waals surface area contributed by atoms with Crippen molar-refractivity contribution in [3.63, 3.8) is 0 Å². The third-order valence-electron chi connectivity index (χ3n) is 6.41. The van der Waals surface area contributed by atoms with Gasteiger partial charge in [0.05, 0.1) is 9.77 Å². The second kappa shape index (κ2) is 10.8. The Balaban J connectivity index is 1.26. The summed E-state index contributed by atoms with van der Waals surface area (Å²) >= 11 is 1.44. The summed E-state index contributed by atoms with van der Waals surface area (Å²) < 4.78 is 27.4. The minimum absolute atomic E-state index is 0.0346. The third kappa shape index (κ3) is 5.83. The zero-order valence-corrected chi connectivity index (χ0v) is 20.5. The SMILES string of the molecule is O=C(CCc1ccc(S(=O)(=O)N2CCCCCC2)cc1)N1CCN(C(=O)c2cccs2)CC1. The van der Waals surface area contributed by atoms with Crippen molar-refractivity contribution in [3.8, 4) is 0 Å². The Morgan fingerprint density at radius 3 is 2.06 bits per heavy atom. The fourth-order valence-corrected chi connectivity index (χ4v) is 6.59. The van der Waals surface area contributed by atoms with Crippen LogP contribution in [0.4, 0.5) is 0 Å². The number of piperazine rings is 1. The smallest absolute Gasteiger partial charge is 0.264 e. The number of amides is 2. The molecule has 0 N–H and O–H groups in total. The molecule has 1 aromatic carbocycles. The summed E-state index contributed by atoms with van der Waals surface area (Å²) in [5.41, 5.74) is 0.949. The maximum absolute atomic E-state index is 12.9. The quantitative estimate of drug-likeness (QED) is 0.624. The van der Waals surface area contributed by atoms with E-state index in [1.807, 2.05) is 34.5 Å². The van der Waals surface area contributed by atoms with Gasteiger partial charge in [-0.1, -0.05) is 31.0 Å². The monoisotopic (exact) mass is 489 g/mol. The van der Waals surface area contributed by atoms with Crippen molar-refractivity contribution in [1.82, 2.24) is 14.1 Å². The minimum Gasteiger partial charge on any atom is -0.339 e. The van der Waals surface area contributed by atoms with Gasteiger partial charge >= 0.3 is 0 Å². The van der Waals surface area contributed by atoms with Crippen LogP contribution in [0.2, 0.25) is 0 Å². The predicted octanol–water partition coefficient (Wildman–Crippen LogP) is 3.23. The molecule has 178 valence electrons. The highest BCUT2D eigenvalue weighted by Crippen LogP contribution is 2.21. The molecule has 0 atom stereocenters. The number of aryl methyl sites for hydroxylation is 1. The van der Waals surface area contributed by atoms with Crippen LogP contribution in [0.1, 0.15) is 47.3 Å². The molecule has 2 fully saturated rings. The van der Waals surface area contributed by atoms with E-state index in [-0.39, 0.29) is 11.8 Å². The lowest BCUT2D eigenvalue weighted by atomic mass is 10.1. The van der Waals surface area contributed by atoms with Crippen LogP contribution < -0.4 is 0 Å². The van der Waals surface area contributed by atoms with Crippen LogP contribution >= 0.6 is 11.3 Å². The Labute approximate surface area is 200 Å². The topological polar surface area (TPSA) is 78.0 Å². The molecule has 0 unspecified atom stereocenters. The standard InChI is InChI=1S/C24H31N3O4S2/c28-23(25-15-17-26(18-16-25)24(29)22-6-5-19-32-22)12-9-20-7-10-21(11-8-20)33(30,31)27-13-3-1-2-4-14-27/h5-8,10-11,19H,1-4,9,12-18H2. The number of hydrogen-bond acceptors (Lipinski definition) is 5. The molecule has 2 aliphatic heterocycles. The van der Waals surface area contributed by atoms with Crippen molar-refractivity contribution < 1.29 is 18.0 Å². The van der Waals surface area contributed by atoms with Crippen molar-refractivity contribution in [3.05, 3.63) is 52.2 Å². The number of sulfonamides is 1. The van der Waals surface area contributed by atoms with Crippen LogP contribution in [0.15, 0.2) is 46.7 Å². The minimum atomic E-state index is -3.45. The first kappa shape index (κ1) is 23.9. The number of nitrogens with zero attached hydrogens (tertiary/aromatic N) is 3. The van der Waals surface area contributed by atoms with Crippen molar-refractivity contribution >= 4 is 33.2 Å². The normalized spacial score (nSPS) is 18.2. The molecular formula is C24H31N3O4S2. The summed E-state index contributed by atoms with van der Waals surface area (Å²) in [6.07, 6.45) is 4.93. The van der Waals surface area contributed by atoms with E-state index in [2.05, 4.69) is 0 Å². The van der Waals surface area contributed by atoms with Crippen molar-refractivity contribution in [2.24, 2.45) is 0 Å². The predicted molar refractivity (Wildman–Crippen MR) is 129 cm³/mol. The van der Waals surface area contributed by atoms with Gasteiger partial charge in [0, 0.05) is 45.7 Å². The van der Waals surface area contributed by atoms with Gasteiger partial charge in [0.15, 0.2) is 0 Å². The van der Waals surface area contributed by atoms with E-state index in [1.165, 1.54) is 11.3 Å². The van der Waals surface area contributed by atoms with E-state index in [4.69, 9.17) is 0 Å². The average molecular weight is 490 g/mol. The molecule has 0 saturated carbocycles. The largest absolute Gasteiger partial charge is 0.339 e. The number of hydrogen-bond donors (Lipinski definition) is 0. The molecule has 2 aliphatic rings. The van der Waals surface area contributed by atoms with Crippen LogP contribution in [0.5, 0.6) is 0 Å². The first-order chi connectivity index (χ1) is 15.9. The Bertz CT molecular complexity index is 1040. The highest BCUT2D eigenvalue weighted by Gasteiger charge is 2.26. The van der Waals surface area contributed by atoms with E-state index < -0.39 is 10.0 Å². The summed E-state index contributed by atoms with van der Waals surface area (Å²) in [7, 11) is -3.45. The fourth-order valence-electron chi connectivity index (χ4n) is 4.38. The molecular weight excluding hydrogens is 458 g/mol. The van der Waals surface area contributed by atoms with Gasteiger partial charge in [-0.2, -0.15) is 4.31 Å². The lowest BCUT2D eigenvalue weighted by Gasteiger charge is -2.34. The van der Waals surface area contributed by atoms with E-state index in [9.17, 15) is 18.0 Å². The molecule has 2 aromatic rings. The maximum Gasteiger partial charge on any atom is 0.264 e. The molecule has 33 heavy (non-hydrogen) atoms. The first-order valence-corrected chi connectivity index (χ1v) is 14.0. The fraction of sp³-hybridized carbons (Fsp3) is 0.500. The molecule has 9 heteroatoms. The van der Waals surface area contributed by atoms with Crippen LogP contribution in [-0.4, -0.2) is 73.6 Å². The van der Waals surface area contributed by atoms with Gasteiger partial charge in [-0.25, -0.2) is 8.42 Å². The zero-order chi connectivity index (χ0) is 23.3. The van der Waals surface area contributed by atoms with Crippen molar-refractivity contribution in [1.29, 1.82) is 0 Å². The molecule has 3 heterocycles. The molecule has 0 aliphatic carbocycles. The Morgan fingerprint density at radius 1 is 0.818 bits per heavy atom. The van der Waals surface area contributed by atoms with Crippen molar-refractivity contribution in [2.45, 2.75) is 43.4 Å². The highest BCUT2D eigenvalue weighted by atomic mass is 32.2. The number of carbonyl (C=O) groups is 2. The van der Waals surface area contributed by atoms with Gasteiger partial charge in [0.25, 0.3) is 5.91 Å². The van der Waals surface area contributed by atoms with Crippen LogP contribution in [0, 0.1) is 0 Å². The molecule has 0 spiro atoms. The van der Waals surface area contributed by atoms with E-state index in [1.54, 1.807) is 21.3 Å². The van der Waals surface area contributed by atoms with Gasteiger partial charge in [-0.3, -0.25) is 9.59 Å². The van der Waals surface area contributed by atoms with Crippen LogP contribution in [0.3, 0.4) is 0 Å². The number of thiophene rings is 1. The molecule has 7 nitrogen and oxygen atoms in total. The van der Waals surface area contributed by atoms with Gasteiger partial charge in [-0.05, 0) is 48.4 Å². The van der Waals surface area contributed by atoms with Crippen molar-refractivity contribution in [2.75, 3.05) is 39.3 Å². The first-order valence-electron chi connectivity index (χ1n) is 11.6. The maximum atomic E-state index is 12.9. The lowest BCUT2D eigenvalue weighted by Crippen LogP contribution is -2.50. The van der Waals surface area contributed by atoms with Gasteiger partial charge in [-0.15, -0.1) is 11.3 Å². The number of benzene rings is 1. The molecule has 0 radical (unpaired) electrons. The Morgan fingerprint density at radius 2 is 1.45 bits per heavy atom. The summed E-state index contributed by atoms with van der Waals surface area (Å²) in [6.45, 7) is 3.36. The van der Waals surface area contributed by atoms with E-state index in [0.717, 1.165) is 36.1 Å². The molecule has 2 saturated heterocycles. The van der Waals surface area contributed by atoms with E-state index in [0.29, 0.717) is 57.0 Å². The average Bonchev–Trinajstić information content (AvgIpc) is 3.24. The number of rotatable bonds is 6. The van der Waals surface area contributed by atoms with Crippen LogP contribution in [0.25, 0.3) is 0 Å². The van der Waals surface area contributed by atoms with Gasteiger partial charge in [0.1, 0.15) is 0 Å². The third-order valence-corrected chi connectivity index (χ3v) is 9.18. The second-order valence-electron chi connectivity index (χ2n) is 8.61. The Hall–Kier alpha value is -2.23. The van der Waals surface area contributed by atoms with Gasteiger partial charge in [0.2, 0.25) is 15.9 Å². The molecule has 1 aromatic heterocycles.